The molecule has 20 heavy (non-hydrogen) atoms. The number of hydrogen-bond donors (Lipinski definition) is 1. The van der Waals surface area contributed by atoms with E-state index in [0.717, 1.165) is 24.0 Å². The highest BCUT2D eigenvalue weighted by molar-refractivity contribution is 6.27. The van der Waals surface area contributed by atoms with Crippen LogP contribution in [0.1, 0.15) is 24.7 Å². The first-order chi connectivity index (χ1) is 9.72. The molecule has 1 heterocycles. The molecule has 0 saturated carbocycles. The molecule has 2 rings (SSSR count). The molecular weight excluding hydrogens is 278 g/mol. The summed E-state index contributed by atoms with van der Waals surface area (Å²) in [6.45, 7) is 2.49. The summed E-state index contributed by atoms with van der Waals surface area (Å²) in [7, 11) is 0. The van der Waals surface area contributed by atoms with E-state index in [1.54, 1.807) is 0 Å². The highest BCUT2D eigenvalue weighted by atomic mass is 35.5. The van der Waals surface area contributed by atoms with Gasteiger partial charge < -0.3 is 9.84 Å². The maximum atomic E-state index is 11.1. The number of aromatic nitrogens is 2. The van der Waals surface area contributed by atoms with Crippen LogP contribution in [0.2, 0.25) is 0 Å². The van der Waals surface area contributed by atoms with Crippen molar-refractivity contribution in [2.24, 2.45) is 0 Å². The fourth-order valence-electron chi connectivity index (χ4n) is 1.76. The van der Waals surface area contributed by atoms with Gasteiger partial charge in [0.2, 0.25) is 5.91 Å². The minimum atomic E-state index is -0.194. The Morgan fingerprint density at radius 1 is 1.45 bits per heavy atom. The van der Waals surface area contributed by atoms with Crippen molar-refractivity contribution in [2.45, 2.75) is 26.3 Å². The van der Waals surface area contributed by atoms with Gasteiger partial charge in [0, 0.05) is 18.5 Å². The van der Waals surface area contributed by atoms with E-state index in [-0.39, 0.29) is 11.8 Å². The van der Waals surface area contributed by atoms with Crippen molar-refractivity contribution in [3.05, 3.63) is 35.7 Å². The SMILES string of the molecule is CCCc1noc(-c2cccc(CNC(=O)CCl)c2)n1. The first-order valence-corrected chi connectivity index (χ1v) is 7.01. The molecule has 5 nitrogen and oxygen atoms in total. The highest BCUT2D eigenvalue weighted by Gasteiger charge is 2.09. The molecule has 0 fully saturated rings. The normalized spacial score (nSPS) is 10.5. The molecule has 0 saturated heterocycles. The van der Waals surface area contributed by atoms with Gasteiger partial charge in [0.05, 0.1) is 0 Å². The van der Waals surface area contributed by atoms with Crippen molar-refractivity contribution in [1.29, 1.82) is 0 Å². The van der Waals surface area contributed by atoms with Gasteiger partial charge in [0.15, 0.2) is 5.82 Å². The average molecular weight is 294 g/mol. The first-order valence-electron chi connectivity index (χ1n) is 6.47. The molecule has 0 radical (unpaired) electrons. The van der Waals surface area contributed by atoms with E-state index in [2.05, 4.69) is 22.4 Å². The number of alkyl halides is 1. The number of benzene rings is 1. The molecule has 0 spiro atoms. The molecular formula is C14H16ClN3O2. The molecule has 0 unspecified atom stereocenters. The third-order valence-corrected chi connectivity index (χ3v) is 2.97. The van der Waals surface area contributed by atoms with Gasteiger partial charge in [0.25, 0.3) is 5.89 Å². The van der Waals surface area contributed by atoms with Gasteiger partial charge in [-0.3, -0.25) is 4.79 Å². The summed E-state index contributed by atoms with van der Waals surface area (Å²) in [5, 5.41) is 6.64. The second-order valence-electron chi connectivity index (χ2n) is 4.38. The van der Waals surface area contributed by atoms with Crippen LogP contribution in [0.15, 0.2) is 28.8 Å². The topological polar surface area (TPSA) is 68.0 Å². The zero-order valence-corrected chi connectivity index (χ0v) is 12.0. The van der Waals surface area contributed by atoms with Crippen molar-refractivity contribution < 1.29 is 9.32 Å². The lowest BCUT2D eigenvalue weighted by Crippen LogP contribution is -2.23. The molecule has 6 heteroatoms. The van der Waals surface area contributed by atoms with E-state index in [1.807, 2.05) is 24.3 Å². The molecule has 1 aromatic heterocycles. The predicted octanol–water partition coefficient (Wildman–Crippen LogP) is 2.54. The largest absolute Gasteiger partial charge is 0.351 e. The number of carbonyl (C=O) groups excluding carboxylic acids is 1. The monoisotopic (exact) mass is 293 g/mol. The van der Waals surface area contributed by atoms with E-state index in [4.69, 9.17) is 16.1 Å². The Bertz CT molecular complexity index is 583. The van der Waals surface area contributed by atoms with Gasteiger partial charge in [-0.25, -0.2) is 0 Å². The number of halogens is 1. The maximum Gasteiger partial charge on any atom is 0.257 e. The zero-order valence-electron chi connectivity index (χ0n) is 11.2. The van der Waals surface area contributed by atoms with Gasteiger partial charge in [-0.15, -0.1) is 11.6 Å². The summed E-state index contributed by atoms with van der Waals surface area (Å²) in [5.74, 6) is 0.978. The van der Waals surface area contributed by atoms with Crippen LogP contribution < -0.4 is 5.32 Å². The minimum Gasteiger partial charge on any atom is -0.351 e. The zero-order chi connectivity index (χ0) is 14.4. The Kier molecular flexibility index (Phi) is 5.12. The van der Waals surface area contributed by atoms with Crippen LogP contribution >= 0.6 is 11.6 Å². The lowest BCUT2D eigenvalue weighted by molar-refractivity contribution is -0.118. The number of nitrogens with one attached hydrogen (secondary N) is 1. The van der Waals surface area contributed by atoms with Crippen molar-refractivity contribution in [3.63, 3.8) is 0 Å². The molecule has 2 aromatic rings. The van der Waals surface area contributed by atoms with Crippen LogP contribution in [0.25, 0.3) is 11.5 Å². The second kappa shape index (κ2) is 7.05. The number of amides is 1. The van der Waals surface area contributed by atoms with Gasteiger partial charge in [-0.2, -0.15) is 4.98 Å². The van der Waals surface area contributed by atoms with E-state index >= 15 is 0 Å². The molecule has 1 aromatic carbocycles. The number of aryl methyl sites for hydroxylation is 1. The van der Waals surface area contributed by atoms with E-state index in [0.29, 0.717) is 18.3 Å². The van der Waals surface area contributed by atoms with Crippen LogP contribution in [0.3, 0.4) is 0 Å². The summed E-state index contributed by atoms with van der Waals surface area (Å²) in [6.07, 6.45) is 1.78. The standard InChI is InChI=1S/C14H16ClN3O2/c1-2-4-12-17-14(20-18-12)11-6-3-5-10(7-11)9-16-13(19)8-15/h3,5-7H,2,4,8-9H2,1H3,(H,16,19). The molecule has 0 atom stereocenters. The van der Waals surface area contributed by atoms with Crippen LogP contribution in [0, 0.1) is 0 Å². The lowest BCUT2D eigenvalue weighted by Gasteiger charge is -2.04. The molecule has 1 amide bonds. The highest BCUT2D eigenvalue weighted by Crippen LogP contribution is 2.18. The Morgan fingerprint density at radius 2 is 2.30 bits per heavy atom. The lowest BCUT2D eigenvalue weighted by atomic mass is 10.1. The van der Waals surface area contributed by atoms with Gasteiger partial charge in [-0.1, -0.05) is 24.2 Å². The first kappa shape index (κ1) is 14.5. The summed E-state index contributed by atoms with van der Waals surface area (Å²) in [6, 6.07) is 7.62. The predicted molar refractivity (Wildman–Crippen MR) is 76.3 cm³/mol. The Labute approximate surface area is 122 Å². The van der Waals surface area contributed by atoms with Crippen molar-refractivity contribution in [2.75, 3.05) is 5.88 Å². The minimum absolute atomic E-state index is 0.0380. The molecule has 0 aliphatic rings. The summed E-state index contributed by atoms with van der Waals surface area (Å²) in [5.41, 5.74) is 1.80. The smallest absolute Gasteiger partial charge is 0.257 e. The molecule has 0 aliphatic carbocycles. The Morgan fingerprint density at radius 3 is 3.05 bits per heavy atom. The Balaban J connectivity index is 2.10. The van der Waals surface area contributed by atoms with Crippen LogP contribution in [0.5, 0.6) is 0 Å². The number of carbonyl (C=O) groups is 1. The van der Waals surface area contributed by atoms with Gasteiger partial charge in [-0.05, 0) is 24.1 Å². The van der Waals surface area contributed by atoms with Crippen molar-refractivity contribution in [3.8, 4) is 11.5 Å². The van der Waals surface area contributed by atoms with Gasteiger partial charge in [0.1, 0.15) is 5.88 Å². The van der Waals surface area contributed by atoms with E-state index in [9.17, 15) is 4.79 Å². The van der Waals surface area contributed by atoms with E-state index < -0.39 is 0 Å². The summed E-state index contributed by atoms with van der Waals surface area (Å²) < 4.78 is 5.24. The summed E-state index contributed by atoms with van der Waals surface area (Å²) in [4.78, 5) is 15.5. The van der Waals surface area contributed by atoms with Crippen molar-refractivity contribution in [1.82, 2.24) is 15.5 Å². The third kappa shape index (κ3) is 3.81. The van der Waals surface area contributed by atoms with Crippen LogP contribution in [0.4, 0.5) is 0 Å². The Hall–Kier alpha value is -1.88. The fraction of sp³-hybridized carbons (Fsp3) is 0.357. The maximum absolute atomic E-state index is 11.1. The molecule has 106 valence electrons. The van der Waals surface area contributed by atoms with Gasteiger partial charge >= 0.3 is 0 Å². The summed E-state index contributed by atoms with van der Waals surface area (Å²) >= 11 is 5.43. The quantitative estimate of drug-likeness (QED) is 0.831. The number of hydrogen-bond acceptors (Lipinski definition) is 4. The van der Waals surface area contributed by atoms with Crippen LogP contribution in [-0.2, 0) is 17.8 Å². The second-order valence-corrected chi connectivity index (χ2v) is 4.64. The molecule has 1 N–H and O–H groups in total. The third-order valence-electron chi connectivity index (χ3n) is 2.73. The molecule has 0 bridgehead atoms. The van der Waals surface area contributed by atoms with E-state index in [1.165, 1.54) is 0 Å². The number of rotatable bonds is 6. The number of nitrogens with zero attached hydrogens (tertiary/aromatic N) is 2. The van der Waals surface area contributed by atoms with Crippen molar-refractivity contribution >= 4 is 17.5 Å². The van der Waals surface area contributed by atoms with Crippen LogP contribution in [-0.4, -0.2) is 21.9 Å². The molecule has 0 aliphatic heterocycles. The fourth-order valence-corrected chi connectivity index (χ4v) is 1.85. The average Bonchev–Trinajstić information content (AvgIpc) is 2.94.